The van der Waals surface area contributed by atoms with Crippen LogP contribution in [0.25, 0.3) is 0 Å². The average Bonchev–Trinajstić information content (AvgIpc) is 2.38. The van der Waals surface area contributed by atoms with Crippen LogP contribution in [0.15, 0.2) is 18.2 Å². The zero-order valence-corrected chi connectivity index (χ0v) is 12.0. The normalized spacial score (nSPS) is 18.2. The minimum atomic E-state index is -0.311. The predicted octanol–water partition coefficient (Wildman–Crippen LogP) is 2.55. The number of hydrogen-bond donors (Lipinski definition) is 2. The van der Waals surface area contributed by atoms with Gasteiger partial charge in [-0.3, -0.25) is 14.9 Å². The molecule has 4 nitrogen and oxygen atoms in total. The van der Waals surface area contributed by atoms with Crippen LogP contribution < -0.4 is 10.6 Å². The second-order valence-corrected chi connectivity index (χ2v) is 4.47. The maximum atomic E-state index is 11.6. The van der Waals surface area contributed by atoms with Crippen molar-refractivity contribution in [3.63, 3.8) is 0 Å². The van der Waals surface area contributed by atoms with Crippen molar-refractivity contribution >= 4 is 17.5 Å². The lowest BCUT2D eigenvalue weighted by Crippen LogP contribution is -2.47. The average molecular weight is 262 g/mol. The van der Waals surface area contributed by atoms with E-state index in [9.17, 15) is 9.59 Å². The highest BCUT2D eigenvalue weighted by Gasteiger charge is 2.26. The minimum Gasteiger partial charge on any atom is -0.373 e. The van der Waals surface area contributed by atoms with Gasteiger partial charge in [0.1, 0.15) is 6.04 Å². The second kappa shape index (κ2) is 6.92. The highest BCUT2D eigenvalue weighted by Crippen LogP contribution is 2.19. The molecule has 2 N–H and O–H groups in total. The van der Waals surface area contributed by atoms with Crippen LogP contribution in [0.3, 0.4) is 0 Å². The van der Waals surface area contributed by atoms with Gasteiger partial charge in [-0.25, -0.2) is 0 Å². The van der Waals surface area contributed by atoms with Crippen molar-refractivity contribution in [2.45, 2.75) is 46.6 Å². The molecule has 0 aromatic heterocycles. The molecule has 0 bridgehead atoms. The number of hydrogen-bond acceptors (Lipinski definition) is 3. The Bertz CT molecular complexity index is 469. The number of aryl methyl sites for hydroxylation is 2. The van der Waals surface area contributed by atoms with Gasteiger partial charge in [0.15, 0.2) is 0 Å². The highest BCUT2D eigenvalue weighted by molar-refractivity contribution is 6.01. The molecule has 1 aliphatic rings. The number of imide groups is 1. The second-order valence-electron chi connectivity index (χ2n) is 4.47. The zero-order valence-electron chi connectivity index (χ0n) is 12.0. The van der Waals surface area contributed by atoms with Gasteiger partial charge in [-0.1, -0.05) is 31.5 Å². The van der Waals surface area contributed by atoms with Crippen LogP contribution in [-0.4, -0.2) is 17.9 Å². The first kappa shape index (κ1) is 15.2. The third-order valence-electron chi connectivity index (χ3n) is 2.95. The monoisotopic (exact) mass is 262 g/mol. The van der Waals surface area contributed by atoms with Crippen molar-refractivity contribution in [1.29, 1.82) is 0 Å². The lowest BCUT2D eigenvalue weighted by molar-refractivity contribution is -0.133. The molecule has 1 aliphatic heterocycles. The van der Waals surface area contributed by atoms with Crippen molar-refractivity contribution in [3.8, 4) is 0 Å². The Kier molecular flexibility index (Phi) is 5.55. The van der Waals surface area contributed by atoms with E-state index in [2.05, 4.69) is 16.7 Å². The molecule has 0 spiro atoms. The number of carbonyl (C=O) groups is 2. The molecular weight excluding hydrogens is 240 g/mol. The van der Waals surface area contributed by atoms with Gasteiger partial charge in [-0.2, -0.15) is 0 Å². The summed E-state index contributed by atoms with van der Waals surface area (Å²) in [6, 6.07) is 5.72. The van der Waals surface area contributed by atoms with E-state index in [-0.39, 0.29) is 17.9 Å². The molecule has 1 atom stereocenters. The first-order valence-electron chi connectivity index (χ1n) is 6.74. The van der Waals surface area contributed by atoms with E-state index in [1.807, 2.05) is 39.8 Å². The van der Waals surface area contributed by atoms with Gasteiger partial charge in [-0.15, -0.1) is 0 Å². The molecule has 1 fully saturated rings. The van der Waals surface area contributed by atoms with E-state index in [4.69, 9.17) is 0 Å². The van der Waals surface area contributed by atoms with Crippen molar-refractivity contribution < 1.29 is 9.59 Å². The van der Waals surface area contributed by atoms with Crippen molar-refractivity contribution in [2.75, 3.05) is 5.32 Å². The van der Waals surface area contributed by atoms with E-state index in [0.717, 1.165) is 11.3 Å². The summed E-state index contributed by atoms with van der Waals surface area (Å²) >= 11 is 0. The van der Waals surface area contributed by atoms with Gasteiger partial charge in [-0.05, 0) is 31.9 Å². The molecule has 0 aliphatic carbocycles. The Morgan fingerprint density at radius 1 is 1.21 bits per heavy atom. The zero-order chi connectivity index (χ0) is 14.4. The molecule has 1 aromatic rings. The largest absolute Gasteiger partial charge is 0.373 e. The topological polar surface area (TPSA) is 58.2 Å². The third kappa shape index (κ3) is 4.09. The maximum absolute atomic E-state index is 11.6. The molecule has 1 heterocycles. The summed E-state index contributed by atoms with van der Waals surface area (Å²) in [5, 5.41) is 5.52. The smallest absolute Gasteiger partial charge is 0.249 e. The number of anilines is 1. The summed E-state index contributed by atoms with van der Waals surface area (Å²) in [5.41, 5.74) is 3.25. The van der Waals surface area contributed by atoms with E-state index >= 15 is 0 Å². The fourth-order valence-electron chi connectivity index (χ4n) is 1.99. The Hall–Kier alpha value is -1.84. The Morgan fingerprint density at radius 2 is 1.89 bits per heavy atom. The quantitative estimate of drug-likeness (QED) is 0.805. The maximum Gasteiger partial charge on any atom is 0.249 e. The Morgan fingerprint density at radius 3 is 2.47 bits per heavy atom. The van der Waals surface area contributed by atoms with Gasteiger partial charge in [0.2, 0.25) is 11.8 Å². The first-order chi connectivity index (χ1) is 9.06. The SMILES string of the molecule is CC.Cc1ccc(NC2CCC(=O)NC2=O)c(C)c1. The third-order valence-corrected chi connectivity index (χ3v) is 2.95. The van der Waals surface area contributed by atoms with Gasteiger partial charge in [0.05, 0.1) is 0 Å². The number of carbonyl (C=O) groups excluding carboxylic acids is 2. The molecule has 1 saturated heterocycles. The molecule has 0 saturated carbocycles. The summed E-state index contributed by atoms with van der Waals surface area (Å²) in [6.45, 7) is 8.03. The van der Waals surface area contributed by atoms with Gasteiger partial charge >= 0.3 is 0 Å². The molecule has 2 rings (SSSR count). The Labute approximate surface area is 114 Å². The molecule has 2 amide bonds. The fraction of sp³-hybridized carbons (Fsp3) is 0.467. The van der Waals surface area contributed by atoms with Crippen LogP contribution in [0.4, 0.5) is 5.69 Å². The molecule has 1 unspecified atom stereocenters. The van der Waals surface area contributed by atoms with Crippen molar-refractivity contribution in [2.24, 2.45) is 0 Å². The number of amides is 2. The first-order valence-corrected chi connectivity index (χ1v) is 6.74. The van der Waals surface area contributed by atoms with Crippen LogP contribution >= 0.6 is 0 Å². The molecule has 4 heteroatoms. The number of nitrogens with one attached hydrogen (secondary N) is 2. The highest BCUT2D eigenvalue weighted by atomic mass is 16.2. The van der Waals surface area contributed by atoms with Gasteiger partial charge in [0, 0.05) is 12.1 Å². The molecule has 0 radical (unpaired) electrons. The summed E-state index contributed by atoms with van der Waals surface area (Å²) in [5.74, 6) is -0.421. The standard InChI is InChI=1S/C13H16N2O2.C2H6/c1-8-3-4-10(9(2)7-8)14-11-5-6-12(16)15-13(11)17;1-2/h3-4,7,11,14H,5-6H2,1-2H3,(H,15,16,17);1-2H3. The van der Waals surface area contributed by atoms with Crippen LogP contribution in [0.1, 0.15) is 37.8 Å². The molecule has 19 heavy (non-hydrogen) atoms. The summed E-state index contributed by atoms with van der Waals surface area (Å²) in [7, 11) is 0. The summed E-state index contributed by atoms with van der Waals surface area (Å²) in [4.78, 5) is 22.6. The van der Waals surface area contributed by atoms with Crippen LogP contribution in [0, 0.1) is 13.8 Å². The van der Waals surface area contributed by atoms with Crippen molar-refractivity contribution in [3.05, 3.63) is 29.3 Å². The molecule has 104 valence electrons. The van der Waals surface area contributed by atoms with Crippen LogP contribution in [0.2, 0.25) is 0 Å². The van der Waals surface area contributed by atoms with Crippen molar-refractivity contribution in [1.82, 2.24) is 5.32 Å². The Balaban J connectivity index is 0.000000861. The van der Waals surface area contributed by atoms with E-state index in [1.54, 1.807) is 0 Å². The van der Waals surface area contributed by atoms with Gasteiger partial charge < -0.3 is 5.32 Å². The number of piperidine rings is 1. The molecule has 1 aromatic carbocycles. The number of benzene rings is 1. The van der Waals surface area contributed by atoms with E-state index in [1.165, 1.54) is 5.56 Å². The van der Waals surface area contributed by atoms with E-state index < -0.39 is 0 Å². The van der Waals surface area contributed by atoms with Crippen LogP contribution in [0.5, 0.6) is 0 Å². The van der Waals surface area contributed by atoms with Crippen LogP contribution in [-0.2, 0) is 9.59 Å². The summed E-state index contributed by atoms with van der Waals surface area (Å²) in [6.07, 6.45) is 0.951. The van der Waals surface area contributed by atoms with E-state index in [0.29, 0.717) is 12.8 Å². The lowest BCUT2D eigenvalue weighted by atomic mass is 10.0. The predicted molar refractivity (Wildman–Crippen MR) is 77.1 cm³/mol. The number of rotatable bonds is 2. The summed E-state index contributed by atoms with van der Waals surface area (Å²) < 4.78 is 0. The molecular formula is C15H22N2O2. The lowest BCUT2D eigenvalue weighted by Gasteiger charge is -2.23. The fourth-order valence-corrected chi connectivity index (χ4v) is 1.99. The minimum absolute atomic E-state index is 0.186. The van der Waals surface area contributed by atoms with Gasteiger partial charge in [0.25, 0.3) is 0 Å².